The maximum atomic E-state index is 11.7. The van der Waals surface area contributed by atoms with Gasteiger partial charge in [0.15, 0.2) is 18.1 Å². The van der Waals surface area contributed by atoms with E-state index in [9.17, 15) is 9.59 Å². The molecule has 0 atom stereocenters. The average molecular weight is 328 g/mol. The van der Waals surface area contributed by atoms with Crippen LogP contribution in [0.4, 0.5) is 0 Å². The number of ether oxygens (including phenoxy) is 3. The van der Waals surface area contributed by atoms with Crippen molar-refractivity contribution in [2.75, 3.05) is 19.8 Å². The lowest BCUT2D eigenvalue weighted by Crippen LogP contribution is -2.16. The molecule has 0 bridgehead atoms. The zero-order chi connectivity index (χ0) is 17.5. The first-order chi connectivity index (χ1) is 11.5. The van der Waals surface area contributed by atoms with E-state index in [1.807, 2.05) is 0 Å². The number of allylic oxidation sites excluding steroid dienone is 1. The molecule has 0 fully saturated rings. The molecular weight excluding hydrogens is 312 g/mol. The molecule has 1 aliphatic rings. The van der Waals surface area contributed by atoms with Crippen LogP contribution in [0.15, 0.2) is 35.5 Å². The lowest BCUT2D eigenvalue weighted by molar-refractivity contribution is -0.141. The van der Waals surface area contributed by atoms with Crippen LogP contribution in [-0.4, -0.2) is 31.6 Å². The molecule has 0 amide bonds. The van der Waals surface area contributed by atoms with E-state index < -0.39 is 18.4 Å². The Morgan fingerprint density at radius 2 is 2.04 bits per heavy atom. The van der Waals surface area contributed by atoms with E-state index in [1.165, 1.54) is 19.1 Å². The van der Waals surface area contributed by atoms with Crippen molar-refractivity contribution >= 4 is 17.8 Å². The first kappa shape index (κ1) is 17.1. The topological polar surface area (TPSA) is 112 Å². The quantitative estimate of drug-likeness (QED) is 0.493. The summed E-state index contributed by atoms with van der Waals surface area (Å²) in [6.07, 6.45) is 2.71. The molecule has 0 unspecified atom stereocenters. The molecule has 1 aromatic carbocycles. The van der Waals surface area contributed by atoms with E-state index in [4.69, 9.17) is 25.2 Å². The molecule has 2 N–H and O–H groups in total. The average Bonchev–Trinajstić information content (AvgIpc) is 2.58. The van der Waals surface area contributed by atoms with Crippen molar-refractivity contribution in [1.29, 1.82) is 5.26 Å². The molecule has 0 saturated heterocycles. The number of carbonyl (C=O) groups excluding carboxylic acids is 2. The van der Waals surface area contributed by atoms with Crippen molar-refractivity contribution in [1.82, 2.24) is 0 Å². The highest BCUT2D eigenvalue weighted by molar-refractivity contribution is 6.01. The fourth-order valence-electron chi connectivity index (χ4n) is 1.96. The summed E-state index contributed by atoms with van der Waals surface area (Å²) in [5.41, 5.74) is 6.00. The second-order valence-electron chi connectivity index (χ2n) is 4.94. The highest BCUT2D eigenvalue weighted by atomic mass is 16.6. The standard InChI is InChI=1S/C17H16N2O5/c1-11(19)13(9-18)14(20)10-24-17(21)5-3-12-2-4-15-16(8-12)23-7-6-22-15/h2-5,8H,6-7,10,19H2,1H3/b5-3+,13-11+. The van der Waals surface area contributed by atoms with Crippen molar-refractivity contribution in [2.45, 2.75) is 6.92 Å². The lowest BCUT2D eigenvalue weighted by atomic mass is 10.1. The Bertz CT molecular complexity index is 755. The second kappa shape index (κ2) is 7.83. The van der Waals surface area contributed by atoms with Crippen LogP contribution in [0, 0.1) is 11.3 Å². The van der Waals surface area contributed by atoms with Crippen LogP contribution in [0.25, 0.3) is 6.08 Å². The predicted octanol–water partition coefficient (Wildman–Crippen LogP) is 1.34. The molecule has 24 heavy (non-hydrogen) atoms. The van der Waals surface area contributed by atoms with Crippen LogP contribution in [0.1, 0.15) is 12.5 Å². The van der Waals surface area contributed by atoms with Gasteiger partial charge in [-0.3, -0.25) is 4.79 Å². The number of ketones is 1. The van der Waals surface area contributed by atoms with Crippen molar-refractivity contribution in [2.24, 2.45) is 5.73 Å². The molecule has 0 saturated carbocycles. The summed E-state index contributed by atoms with van der Waals surface area (Å²) in [6.45, 7) is 1.87. The number of nitrogens with two attached hydrogens (primary N) is 1. The fraction of sp³-hybridized carbons (Fsp3) is 0.235. The largest absolute Gasteiger partial charge is 0.486 e. The van der Waals surface area contributed by atoms with Crippen molar-refractivity contribution < 1.29 is 23.8 Å². The molecule has 0 aliphatic carbocycles. The van der Waals surface area contributed by atoms with Crippen LogP contribution in [-0.2, 0) is 14.3 Å². The minimum absolute atomic E-state index is 0.0883. The summed E-state index contributed by atoms with van der Waals surface area (Å²) in [5, 5.41) is 8.80. The van der Waals surface area contributed by atoms with E-state index >= 15 is 0 Å². The van der Waals surface area contributed by atoms with Gasteiger partial charge in [-0.2, -0.15) is 5.26 Å². The Morgan fingerprint density at radius 3 is 2.71 bits per heavy atom. The van der Waals surface area contributed by atoms with Gasteiger partial charge in [0.05, 0.1) is 0 Å². The predicted molar refractivity (Wildman–Crippen MR) is 84.9 cm³/mol. The number of benzene rings is 1. The summed E-state index contributed by atoms with van der Waals surface area (Å²) in [4.78, 5) is 23.3. The van der Waals surface area contributed by atoms with E-state index in [0.717, 1.165) is 5.56 Å². The number of nitrogens with zero attached hydrogens (tertiary/aromatic N) is 1. The maximum Gasteiger partial charge on any atom is 0.331 e. The van der Waals surface area contributed by atoms with E-state index in [1.54, 1.807) is 24.3 Å². The zero-order valence-corrected chi connectivity index (χ0v) is 13.1. The van der Waals surface area contributed by atoms with Gasteiger partial charge >= 0.3 is 5.97 Å². The first-order valence-corrected chi connectivity index (χ1v) is 7.15. The van der Waals surface area contributed by atoms with Gasteiger partial charge < -0.3 is 19.9 Å². The number of hydrogen-bond donors (Lipinski definition) is 1. The Hall–Kier alpha value is -3.27. The number of hydrogen-bond acceptors (Lipinski definition) is 7. The van der Waals surface area contributed by atoms with Crippen molar-refractivity contribution in [3.05, 3.63) is 41.1 Å². The van der Waals surface area contributed by atoms with Gasteiger partial charge in [-0.05, 0) is 30.7 Å². The van der Waals surface area contributed by atoms with Crippen LogP contribution in [0.2, 0.25) is 0 Å². The van der Waals surface area contributed by atoms with E-state index in [0.29, 0.717) is 24.7 Å². The van der Waals surface area contributed by atoms with Crippen LogP contribution >= 0.6 is 0 Å². The van der Waals surface area contributed by atoms with E-state index in [-0.39, 0.29) is 11.3 Å². The number of nitriles is 1. The fourth-order valence-corrected chi connectivity index (χ4v) is 1.96. The van der Waals surface area contributed by atoms with Gasteiger partial charge in [0.2, 0.25) is 5.78 Å². The Balaban J connectivity index is 1.93. The third kappa shape index (κ3) is 4.36. The highest BCUT2D eigenvalue weighted by Gasteiger charge is 2.13. The molecule has 124 valence electrons. The lowest BCUT2D eigenvalue weighted by Gasteiger charge is -2.18. The number of Topliss-reactive ketones (excluding diaryl/α,β-unsaturated/α-hetero) is 1. The van der Waals surface area contributed by atoms with Crippen molar-refractivity contribution in [3.8, 4) is 17.6 Å². The SMILES string of the molecule is C/C(N)=C(/C#N)C(=O)COC(=O)/C=C/c1ccc2c(c1)OCCO2. The third-order valence-corrected chi connectivity index (χ3v) is 3.11. The molecule has 1 aromatic rings. The summed E-state index contributed by atoms with van der Waals surface area (Å²) >= 11 is 0. The Labute approximate surface area is 138 Å². The smallest absolute Gasteiger partial charge is 0.331 e. The summed E-state index contributed by atoms with van der Waals surface area (Å²) in [6, 6.07) is 6.92. The zero-order valence-electron chi connectivity index (χ0n) is 13.1. The van der Waals surface area contributed by atoms with Gasteiger partial charge in [0.25, 0.3) is 0 Å². The molecule has 2 rings (SSSR count). The van der Waals surface area contributed by atoms with Crippen LogP contribution in [0.3, 0.4) is 0 Å². The molecule has 7 heteroatoms. The van der Waals surface area contributed by atoms with Gasteiger partial charge in [-0.15, -0.1) is 0 Å². The molecule has 0 aromatic heterocycles. The molecule has 1 heterocycles. The number of carbonyl (C=O) groups is 2. The van der Waals surface area contributed by atoms with Crippen LogP contribution in [0.5, 0.6) is 11.5 Å². The second-order valence-corrected chi connectivity index (χ2v) is 4.94. The van der Waals surface area contributed by atoms with Gasteiger partial charge in [0.1, 0.15) is 24.9 Å². The normalized spacial score (nSPS) is 13.8. The van der Waals surface area contributed by atoms with Crippen molar-refractivity contribution in [3.63, 3.8) is 0 Å². The van der Waals surface area contributed by atoms with Gasteiger partial charge in [0, 0.05) is 11.8 Å². The summed E-state index contributed by atoms with van der Waals surface area (Å²) in [7, 11) is 0. The Morgan fingerprint density at radius 1 is 1.33 bits per heavy atom. The van der Waals surface area contributed by atoms with Crippen LogP contribution < -0.4 is 15.2 Å². The highest BCUT2D eigenvalue weighted by Crippen LogP contribution is 2.31. The number of esters is 1. The van der Waals surface area contributed by atoms with Gasteiger partial charge in [-0.25, -0.2) is 4.79 Å². The number of fused-ring (bicyclic) bond motifs is 1. The van der Waals surface area contributed by atoms with Gasteiger partial charge in [-0.1, -0.05) is 6.07 Å². The Kier molecular flexibility index (Phi) is 5.58. The van der Waals surface area contributed by atoms with E-state index in [2.05, 4.69) is 0 Å². The minimum atomic E-state index is -0.704. The molecule has 7 nitrogen and oxygen atoms in total. The third-order valence-electron chi connectivity index (χ3n) is 3.11. The first-order valence-electron chi connectivity index (χ1n) is 7.15. The maximum absolute atomic E-state index is 11.7. The minimum Gasteiger partial charge on any atom is -0.486 e. The molecule has 0 radical (unpaired) electrons. The summed E-state index contributed by atoms with van der Waals surface area (Å²) in [5.74, 6) is -0.0857. The monoisotopic (exact) mass is 328 g/mol. The molecule has 1 aliphatic heterocycles. The molecule has 0 spiro atoms. The summed E-state index contributed by atoms with van der Waals surface area (Å²) < 4.78 is 15.6. The number of rotatable bonds is 5. The molecular formula is C17H16N2O5.